The number of sulfone groups is 1. The van der Waals surface area contributed by atoms with E-state index in [9.17, 15) is 8.42 Å². The first-order chi connectivity index (χ1) is 15.5. The first-order valence-electron chi connectivity index (χ1n) is 10.6. The van der Waals surface area contributed by atoms with Gasteiger partial charge in [0.1, 0.15) is 13.2 Å². The Kier molecular flexibility index (Phi) is 5.52. The number of fused-ring (bicyclic) bond motifs is 1. The largest absolute Gasteiger partial charge is 0.486 e. The molecule has 0 saturated carbocycles. The van der Waals surface area contributed by atoms with Crippen LogP contribution in [0.5, 0.6) is 11.5 Å². The maximum absolute atomic E-state index is 13.6. The summed E-state index contributed by atoms with van der Waals surface area (Å²) in [5, 5.41) is 2.95. The molecular formula is C23H24N2O6S. The van der Waals surface area contributed by atoms with Crippen molar-refractivity contribution in [2.24, 2.45) is 0 Å². The molecule has 1 atom stereocenters. The molecule has 0 radical (unpaired) electrons. The Morgan fingerprint density at radius 2 is 1.91 bits per heavy atom. The van der Waals surface area contributed by atoms with Crippen LogP contribution < -0.4 is 14.8 Å². The van der Waals surface area contributed by atoms with Crippen molar-refractivity contribution < 1.29 is 27.0 Å². The predicted molar refractivity (Wildman–Crippen MR) is 117 cm³/mol. The van der Waals surface area contributed by atoms with Crippen LogP contribution >= 0.6 is 0 Å². The standard InChI is InChI=1S/C23H24N2O6S/c1-15-4-2-5-16(12-15)21-25-23(22(31-21)24-14-17-6-3-9-28-17)32(26,27)18-7-8-19-20(13-18)30-11-10-29-19/h2,4-5,7-8,12-13,17,24H,3,6,9-11,14H2,1H3. The number of anilines is 1. The zero-order valence-corrected chi connectivity index (χ0v) is 18.5. The highest BCUT2D eigenvalue weighted by atomic mass is 32.2. The van der Waals surface area contributed by atoms with Gasteiger partial charge in [-0.15, -0.1) is 0 Å². The maximum atomic E-state index is 13.6. The Bertz CT molecular complexity index is 1230. The van der Waals surface area contributed by atoms with Crippen LogP contribution in [0.1, 0.15) is 18.4 Å². The van der Waals surface area contributed by atoms with Crippen LogP contribution in [0.15, 0.2) is 56.8 Å². The van der Waals surface area contributed by atoms with E-state index in [1.807, 2.05) is 31.2 Å². The number of ether oxygens (including phenoxy) is 3. The molecule has 168 valence electrons. The summed E-state index contributed by atoms with van der Waals surface area (Å²) >= 11 is 0. The average molecular weight is 457 g/mol. The molecule has 0 spiro atoms. The molecule has 9 heteroatoms. The van der Waals surface area contributed by atoms with Gasteiger partial charge in [-0.3, -0.25) is 0 Å². The van der Waals surface area contributed by atoms with Gasteiger partial charge in [0.2, 0.25) is 26.6 Å². The van der Waals surface area contributed by atoms with Gasteiger partial charge in [0.15, 0.2) is 11.5 Å². The Morgan fingerprint density at radius 3 is 2.69 bits per heavy atom. The zero-order valence-electron chi connectivity index (χ0n) is 17.7. The molecule has 1 fully saturated rings. The first-order valence-corrected chi connectivity index (χ1v) is 12.1. The van der Waals surface area contributed by atoms with Crippen molar-refractivity contribution in [3.05, 3.63) is 48.0 Å². The summed E-state index contributed by atoms with van der Waals surface area (Å²) < 4.78 is 49.8. The van der Waals surface area contributed by atoms with Crippen molar-refractivity contribution in [1.82, 2.24) is 4.98 Å². The molecule has 3 aromatic rings. The monoisotopic (exact) mass is 456 g/mol. The molecule has 1 N–H and O–H groups in total. The number of hydrogen-bond donors (Lipinski definition) is 1. The summed E-state index contributed by atoms with van der Waals surface area (Å²) in [7, 11) is -3.99. The summed E-state index contributed by atoms with van der Waals surface area (Å²) in [6, 6.07) is 12.1. The van der Waals surface area contributed by atoms with E-state index in [-0.39, 0.29) is 27.8 Å². The molecule has 5 rings (SSSR count). The third kappa shape index (κ3) is 4.05. The van der Waals surface area contributed by atoms with Crippen LogP contribution in [0.25, 0.3) is 11.5 Å². The first kappa shape index (κ1) is 20.8. The Labute approximate surface area is 186 Å². The third-order valence-corrected chi connectivity index (χ3v) is 7.11. The fourth-order valence-electron chi connectivity index (χ4n) is 3.82. The minimum atomic E-state index is -3.99. The van der Waals surface area contributed by atoms with E-state index in [4.69, 9.17) is 18.6 Å². The number of hydrogen-bond acceptors (Lipinski definition) is 8. The zero-order chi connectivity index (χ0) is 22.1. The van der Waals surface area contributed by atoms with Gasteiger partial charge in [-0.1, -0.05) is 17.7 Å². The van der Waals surface area contributed by atoms with Gasteiger partial charge in [0, 0.05) is 24.8 Å². The summed E-state index contributed by atoms with van der Waals surface area (Å²) in [6.45, 7) is 3.90. The second kappa shape index (κ2) is 8.48. The minimum Gasteiger partial charge on any atom is -0.486 e. The minimum absolute atomic E-state index is 0.00682. The van der Waals surface area contributed by atoms with Crippen molar-refractivity contribution >= 4 is 15.7 Å². The lowest BCUT2D eigenvalue weighted by Gasteiger charge is -2.18. The Balaban J connectivity index is 1.54. The summed E-state index contributed by atoms with van der Waals surface area (Å²) in [5.74, 6) is 1.26. The normalized spacial score (nSPS) is 18.0. The molecule has 1 aromatic heterocycles. The van der Waals surface area contributed by atoms with E-state index in [1.165, 1.54) is 12.1 Å². The molecule has 1 saturated heterocycles. The summed E-state index contributed by atoms with van der Waals surface area (Å²) in [6.07, 6.45) is 1.91. The van der Waals surface area contributed by atoms with E-state index in [0.717, 1.165) is 18.4 Å². The van der Waals surface area contributed by atoms with Crippen molar-refractivity contribution in [2.75, 3.05) is 31.7 Å². The van der Waals surface area contributed by atoms with Gasteiger partial charge in [0.25, 0.3) is 0 Å². The molecule has 2 aliphatic rings. The summed E-state index contributed by atoms with van der Waals surface area (Å²) in [4.78, 5) is 4.46. The second-order valence-corrected chi connectivity index (χ2v) is 9.71. The van der Waals surface area contributed by atoms with Gasteiger partial charge in [-0.05, 0) is 44.0 Å². The quantitative estimate of drug-likeness (QED) is 0.597. The molecule has 0 amide bonds. The second-order valence-electron chi connectivity index (χ2n) is 7.85. The molecule has 3 heterocycles. The van der Waals surface area contributed by atoms with E-state index in [0.29, 0.717) is 43.4 Å². The van der Waals surface area contributed by atoms with Crippen molar-refractivity contribution in [1.29, 1.82) is 0 Å². The van der Waals surface area contributed by atoms with Crippen LogP contribution in [-0.2, 0) is 14.6 Å². The number of nitrogens with zero attached hydrogens (tertiary/aromatic N) is 1. The third-order valence-electron chi connectivity index (χ3n) is 5.45. The molecule has 0 bridgehead atoms. The number of oxazole rings is 1. The molecule has 0 aliphatic carbocycles. The van der Waals surface area contributed by atoms with Gasteiger partial charge in [0.05, 0.1) is 11.0 Å². The van der Waals surface area contributed by atoms with Gasteiger partial charge < -0.3 is 23.9 Å². The van der Waals surface area contributed by atoms with Gasteiger partial charge in [-0.25, -0.2) is 8.42 Å². The smallest absolute Gasteiger partial charge is 0.233 e. The number of aromatic nitrogens is 1. The lowest BCUT2D eigenvalue weighted by molar-refractivity contribution is 0.120. The fraction of sp³-hybridized carbons (Fsp3) is 0.348. The lowest BCUT2D eigenvalue weighted by Crippen LogP contribution is -2.19. The van der Waals surface area contributed by atoms with Crippen molar-refractivity contribution in [3.63, 3.8) is 0 Å². The van der Waals surface area contributed by atoms with Crippen molar-refractivity contribution in [3.8, 4) is 23.0 Å². The predicted octanol–water partition coefficient (Wildman–Crippen LogP) is 3.84. The van der Waals surface area contributed by atoms with Crippen LogP contribution in [0.3, 0.4) is 0 Å². The van der Waals surface area contributed by atoms with Crippen LogP contribution in [0.2, 0.25) is 0 Å². The lowest BCUT2D eigenvalue weighted by atomic mass is 10.1. The van der Waals surface area contributed by atoms with Crippen molar-refractivity contribution in [2.45, 2.75) is 35.8 Å². The number of benzene rings is 2. The van der Waals surface area contributed by atoms with E-state index < -0.39 is 9.84 Å². The molecule has 2 aromatic carbocycles. The Hall–Kier alpha value is -3.04. The molecule has 8 nitrogen and oxygen atoms in total. The maximum Gasteiger partial charge on any atom is 0.233 e. The number of rotatable bonds is 6. The molecule has 32 heavy (non-hydrogen) atoms. The Morgan fingerprint density at radius 1 is 1.06 bits per heavy atom. The molecular weight excluding hydrogens is 432 g/mol. The van der Waals surface area contributed by atoms with Crippen LogP contribution in [0.4, 0.5) is 5.88 Å². The SMILES string of the molecule is Cc1cccc(-c2nc(S(=O)(=O)c3ccc4c(c3)OCCO4)c(NCC3CCCO3)o2)c1. The molecule has 1 unspecified atom stereocenters. The van der Waals surface area contributed by atoms with Gasteiger partial charge in [-0.2, -0.15) is 4.98 Å². The van der Waals surface area contributed by atoms with Crippen LogP contribution in [-0.4, -0.2) is 45.9 Å². The topological polar surface area (TPSA) is 99.9 Å². The highest BCUT2D eigenvalue weighted by Gasteiger charge is 2.30. The van der Waals surface area contributed by atoms with Crippen LogP contribution in [0, 0.1) is 6.92 Å². The fourth-order valence-corrected chi connectivity index (χ4v) is 5.11. The number of nitrogens with one attached hydrogen (secondary N) is 1. The molecule has 2 aliphatic heterocycles. The van der Waals surface area contributed by atoms with Gasteiger partial charge >= 0.3 is 0 Å². The van der Waals surface area contributed by atoms with E-state index in [2.05, 4.69) is 10.3 Å². The van der Waals surface area contributed by atoms with E-state index in [1.54, 1.807) is 6.07 Å². The highest BCUT2D eigenvalue weighted by molar-refractivity contribution is 7.91. The highest BCUT2D eigenvalue weighted by Crippen LogP contribution is 2.37. The van der Waals surface area contributed by atoms with E-state index >= 15 is 0 Å². The summed E-state index contributed by atoms with van der Waals surface area (Å²) in [5.41, 5.74) is 1.72. The average Bonchev–Trinajstić information content (AvgIpc) is 3.47. The number of aryl methyl sites for hydroxylation is 1.